The molecule has 0 bridgehead atoms. The Hall–Kier alpha value is -1.93. The van der Waals surface area contributed by atoms with Crippen molar-refractivity contribution in [2.45, 2.75) is 90.0 Å². The van der Waals surface area contributed by atoms with Gasteiger partial charge < -0.3 is 25.8 Å². The molecule has 8 heteroatoms. The second-order valence-electron chi connectivity index (χ2n) is 7.98. The third-order valence-electron chi connectivity index (χ3n) is 5.06. The van der Waals surface area contributed by atoms with Gasteiger partial charge in [0.2, 0.25) is 5.91 Å². The Morgan fingerprint density at radius 1 is 0.906 bits per heavy atom. The fourth-order valence-corrected chi connectivity index (χ4v) is 3.24. The monoisotopic (exact) mass is 455 g/mol. The number of amides is 3. The first-order valence-electron chi connectivity index (χ1n) is 12.2. The summed E-state index contributed by atoms with van der Waals surface area (Å²) in [4.78, 5) is 34.1. The Bertz CT molecular complexity index is 520. The van der Waals surface area contributed by atoms with Crippen molar-refractivity contribution in [2.24, 2.45) is 0 Å². The minimum absolute atomic E-state index is 0.0399. The number of carbonyl (C=O) groups is 3. The summed E-state index contributed by atoms with van der Waals surface area (Å²) in [6.07, 6.45) is 16.4. The van der Waals surface area contributed by atoms with Crippen LogP contribution in [0.2, 0.25) is 0 Å². The molecule has 0 aromatic carbocycles. The summed E-state index contributed by atoms with van der Waals surface area (Å²) in [5, 5.41) is 16.8. The predicted octanol–water partition coefficient (Wildman–Crippen LogP) is 2.60. The van der Waals surface area contributed by atoms with Crippen molar-refractivity contribution in [3.63, 3.8) is 0 Å². The van der Waals surface area contributed by atoms with Gasteiger partial charge in [-0.15, -0.1) is 0 Å². The van der Waals surface area contributed by atoms with Gasteiger partial charge in [-0.1, -0.05) is 44.8 Å². The van der Waals surface area contributed by atoms with Crippen LogP contribution in [0.4, 0.5) is 0 Å². The number of unbranched alkanes of at least 4 members (excludes halogenated alkanes) is 7. The van der Waals surface area contributed by atoms with E-state index in [0.717, 1.165) is 51.4 Å². The molecule has 0 heterocycles. The van der Waals surface area contributed by atoms with Crippen LogP contribution < -0.4 is 16.0 Å². The molecule has 0 spiro atoms. The van der Waals surface area contributed by atoms with Gasteiger partial charge in [-0.3, -0.25) is 14.4 Å². The van der Waals surface area contributed by atoms with Crippen LogP contribution in [-0.4, -0.2) is 62.3 Å². The van der Waals surface area contributed by atoms with E-state index in [1.807, 2.05) is 0 Å². The van der Waals surface area contributed by atoms with E-state index in [1.165, 1.54) is 26.3 Å². The van der Waals surface area contributed by atoms with Gasteiger partial charge in [-0.05, 0) is 51.4 Å². The van der Waals surface area contributed by atoms with E-state index < -0.39 is 11.8 Å². The second-order valence-corrected chi connectivity index (χ2v) is 7.98. The summed E-state index contributed by atoms with van der Waals surface area (Å²) in [5.74, 6) is -1.28. The van der Waals surface area contributed by atoms with Crippen LogP contribution in [0.25, 0.3) is 0 Å². The summed E-state index contributed by atoms with van der Waals surface area (Å²) in [6, 6.07) is 0.0399. The molecule has 0 saturated carbocycles. The maximum Gasteiger partial charge on any atom is 0.309 e. The molecule has 0 radical (unpaired) electrons. The zero-order valence-corrected chi connectivity index (χ0v) is 20.1. The number of rotatable bonds is 20. The van der Waals surface area contributed by atoms with Crippen LogP contribution in [0.5, 0.6) is 0 Å². The standard InChI is InChI=1S/C24H45N3O5/c1-3-15-21(16-18-28)27-22(29)20-32-19-14-12-10-8-6-4-5-7-9-11-13-17-26-24(31)23(30)25-2/h5,7,21,28H,3-4,6,8-20H2,1-2H3,(H,25,30)(H,26,31)(H,27,29)/b7-5-. The van der Waals surface area contributed by atoms with Crippen molar-refractivity contribution in [1.29, 1.82) is 0 Å². The van der Waals surface area contributed by atoms with Crippen LogP contribution in [-0.2, 0) is 19.1 Å². The molecular formula is C24H45N3O5. The highest BCUT2D eigenvalue weighted by Gasteiger charge is 2.11. The quantitative estimate of drug-likeness (QED) is 0.128. The lowest BCUT2D eigenvalue weighted by atomic mass is 10.1. The molecular weight excluding hydrogens is 410 g/mol. The molecule has 1 atom stereocenters. The average molecular weight is 456 g/mol. The Kier molecular flexibility index (Phi) is 20.9. The van der Waals surface area contributed by atoms with Crippen molar-refractivity contribution in [3.05, 3.63) is 12.2 Å². The fraction of sp³-hybridized carbons (Fsp3) is 0.792. The molecule has 0 aliphatic heterocycles. The van der Waals surface area contributed by atoms with Crippen molar-refractivity contribution < 1.29 is 24.2 Å². The first kappa shape index (κ1) is 30.1. The van der Waals surface area contributed by atoms with E-state index in [2.05, 4.69) is 35.0 Å². The Balaban J connectivity index is 3.42. The summed E-state index contributed by atoms with van der Waals surface area (Å²) >= 11 is 0. The Morgan fingerprint density at radius 2 is 1.56 bits per heavy atom. The van der Waals surface area contributed by atoms with E-state index in [9.17, 15) is 14.4 Å². The van der Waals surface area contributed by atoms with Crippen molar-refractivity contribution in [3.8, 4) is 0 Å². The zero-order valence-electron chi connectivity index (χ0n) is 20.1. The molecule has 186 valence electrons. The van der Waals surface area contributed by atoms with Gasteiger partial charge in [0.15, 0.2) is 0 Å². The van der Waals surface area contributed by atoms with Gasteiger partial charge in [0.25, 0.3) is 0 Å². The minimum Gasteiger partial charge on any atom is -0.396 e. The number of likely N-dealkylation sites (N-methyl/N-ethyl adjacent to an activating group) is 1. The topological polar surface area (TPSA) is 117 Å². The van der Waals surface area contributed by atoms with Crippen LogP contribution >= 0.6 is 0 Å². The van der Waals surface area contributed by atoms with E-state index in [1.54, 1.807) is 0 Å². The lowest BCUT2D eigenvalue weighted by Crippen LogP contribution is -2.38. The molecule has 1 unspecified atom stereocenters. The first-order chi connectivity index (χ1) is 15.5. The highest BCUT2D eigenvalue weighted by atomic mass is 16.5. The van der Waals surface area contributed by atoms with Crippen LogP contribution in [0, 0.1) is 0 Å². The molecule has 0 aromatic rings. The number of carbonyl (C=O) groups excluding carboxylic acids is 3. The first-order valence-corrected chi connectivity index (χ1v) is 12.2. The fourth-order valence-electron chi connectivity index (χ4n) is 3.24. The van der Waals surface area contributed by atoms with Crippen LogP contribution in [0.3, 0.4) is 0 Å². The average Bonchev–Trinajstić information content (AvgIpc) is 2.78. The summed E-state index contributed by atoms with van der Waals surface area (Å²) in [6.45, 7) is 3.38. The van der Waals surface area contributed by atoms with Gasteiger partial charge in [-0.2, -0.15) is 0 Å². The van der Waals surface area contributed by atoms with Crippen molar-refractivity contribution >= 4 is 17.7 Å². The number of hydrogen-bond donors (Lipinski definition) is 4. The number of allylic oxidation sites excluding steroid dienone is 2. The smallest absolute Gasteiger partial charge is 0.309 e. The van der Waals surface area contributed by atoms with Crippen LogP contribution in [0.1, 0.15) is 84.0 Å². The number of hydrogen-bond acceptors (Lipinski definition) is 5. The van der Waals surface area contributed by atoms with Gasteiger partial charge in [0.05, 0.1) is 0 Å². The SMILES string of the molecule is CCCC(CCO)NC(=O)COCCCCCCC/C=C\CCCCNC(=O)C(=O)NC. The van der Waals surface area contributed by atoms with E-state index >= 15 is 0 Å². The van der Waals surface area contributed by atoms with Crippen LogP contribution in [0.15, 0.2) is 12.2 Å². The second kappa shape index (κ2) is 22.3. The highest BCUT2D eigenvalue weighted by molar-refractivity contribution is 6.34. The van der Waals surface area contributed by atoms with E-state index in [4.69, 9.17) is 9.84 Å². The number of ether oxygens (including phenoxy) is 1. The Morgan fingerprint density at radius 3 is 2.22 bits per heavy atom. The van der Waals surface area contributed by atoms with E-state index in [-0.39, 0.29) is 25.2 Å². The number of aliphatic hydroxyl groups is 1. The number of nitrogens with one attached hydrogen (secondary N) is 3. The normalized spacial score (nSPS) is 12.0. The van der Waals surface area contributed by atoms with Gasteiger partial charge in [0, 0.05) is 32.8 Å². The molecule has 4 N–H and O–H groups in total. The zero-order chi connectivity index (χ0) is 23.9. The summed E-state index contributed by atoms with van der Waals surface area (Å²) in [7, 11) is 1.44. The number of aliphatic hydroxyl groups excluding tert-OH is 1. The molecule has 8 nitrogen and oxygen atoms in total. The van der Waals surface area contributed by atoms with Crippen molar-refractivity contribution in [2.75, 3.05) is 33.4 Å². The molecule has 0 fully saturated rings. The third kappa shape index (κ3) is 18.8. The lowest BCUT2D eigenvalue weighted by molar-refractivity contribution is -0.138. The molecule has 0 aliphatic carbocycles. The molecule has 0 aromatic heterocycles. The van der Waals surface area contributed by atoms with E-state index in [0.29, 0.717) is 19.6 Å². The molecule has 3 amide bonds. The third-order valence-corrected chi connectivity index (χ3v) is 5.06. The van der Waals surface area contributed by atoms with Gasteiger partial charge in [-0.25, -0.2) is 0 Å². The maximum atomic E-state index is 11.8. The molecule has 0 saturated heterocycles. The van der Waals surface area contributed by atoms with Gasteiger partial charge >= 0.3 is 11.8 Å². The molecule has 0 rings (SSSR count). The van der Waals surface area contributed by atoms with Crippen molar-refractivity contribution in [1.82, 2.24) is 16.0 Å². The predicted molar refractivity (Wildman–Crippen MR) is 127 cm³/mol. The lowest BCUT2D eigenvalue weighted by Gasteiger charge is -2.16. The molecule has 0 aliphatic rings. The highest BCUT2D eigenvalue weighted by Crippen LogP contribution is 2.07. The summed E-state index contributed by atoms with van der Waals surface area (Å²) in [5.41, 5.74) is 0. The largest absolute Gasteiger partial charge is 0.396 e. The Labute approximate surface area is 193 Å². The summed E-state index contributed by atoms with van der Waals surface area (Å²) < 4.78 is 5.45. The maximum absolute atomic E-state index is 11.8. The molecule has 32 heavy (non-hydrogen) atoms. The van der Waals surface area contributed by atoms with Gasteiger partial charge in [0.1, 0.15) is 6.61 Å². The minimum atomic E-state index is -0.601.